The molecule has 1 saturated heterocycles. The molecule has 0 saturated carbocycles. The zero-order valence-corrected chi connectivity index (χ0v) is 13.9. The first-order chi connectivity index (χ1) is 11.5. The third-order valence-corrected chi connectivity index (χ3v) is 4.53. The lowest BCUT2D eigenvalue weighted by Gasteiger charge is -2.38. The number of nitrogens with zero attached hydrogens (tertiary/aromatic N) is 1. The third-order valence-electron chi connectivity index (χ3n) is 4.53. The van der Waals surface area contributed by atoms with Crippen LogP contribution in [0.2, 0.25) is 0 Å². The number of carbonyl (C=O) groups excluding carboxylic acids is 1. The Labute approximate surface area is 140 Å². The fraction of sp³-hybridized carbons (Fsp3) is 0.444. The normalized spacial score (nSPS) is 17.0. The number of aromatic nitrogens is 2. The average molecular weight is 331 g/mol. The zero-order chi connectivity index (χ0) is 17.2. The van der Waals surface area contributed by atoms with Gasteiger partial charge in [-0.3, -0.25) is 9.89 Å². The van der Waals surface area contributed by atoms with Gasteiger partial charge in [-0.25, -0.2) is 4.39 Å². The second kappa shape index (κ2) is 6.73. The average Bonchev–Trinajstić information content (AvgIpc) is 3.06. The van der Waals surface area contributed by atoms with Gasteiger partial charge in [-0.2, -0.15) is 5.10 Å². The number of amides is 1. The van der Waals surface area contributed by atoms with E-state index in [4.69, 9.17) is 4.74 Å². The molecule has 0 radical (unpaired) electrons. The number of halogens is 1. The number of hydrogen-bond donors (Lipinski definition) is 2. The molecule has 1 amide bonds. The number of ether oxygens (including phenoxy) is 1. The first kappa shape index (κ1) is 16.6. The number of H-pyrrole nitrogens is 1. The van der Waals surface area contributed by atoms with Gasteiger partial charge in [0.1, 0.15) is 11.5 Å². The quantitative estimate of drug-likeness (QED) is 0.904. The zero-order valence-electron chi connectivity index (χ0n) is 13.9. The highest BCUT2D eigenvalue weighted by molar-refractivity contribution is 5.93. The van der Waals surface area contributed by atoms with Crippen molar-refractivity contribution in [2.75, 3.05) is 13.2 Å². The fourth-order valence-electron chi connectivity index (χ4n) is 3.02. The molecular formula is C18H22FN3O2. The van der Waals surface area contributed by atoms with Gasteiger partial charge < -0.3 is 10.1 Å². The second-order valence-corrected chi connectivity index (χ2v) is 6.52. The number of carbonyl (C=O) groups is 1. The summed E-state index contributed by atoms with van der Waals surface area (Å²) in [5.74, 6) is -0.307. The molecule has 1 aliphatic heterocycles. The molecule has 24 heavy (non-hydrogen) atoms. The molecule has 3 rings (SSSR count). The maximum absolute atomic E-state index is 13.7. The molecule has 1 aliphatic rings. The van der Waals surface area contributed by atoms with Gasteiger partial charge in [-0.05, 0) is 42.5 Å². The molecule has 6 heteroatoms. The molecule has 2 aromatic rings. The Morgan fingerprint density at radius 2 is 2.08 bits per heavy atom. The first-order valence-electron chi connectivity index (χ1n) is 8.22. The Bertz CT molecular complexity index is 721. The lowest BCUT2D eigenvalue weighted by Crippen LogP contribution is -2.49. The molecule has 2 heterocycles. The van der Waals surface area contributed by atoms with Crippen molar-refractivity contribution >= 4 is 5.91 Å². The van der Waals surface area contributed by atoms with Gasteiger partial charge >= 0.3 is 0 Å². The van der Waals surface area contributed by atoms with Crippen LogP contribution in [-0.2, 0) is 10.3 Å². The van der Waals surface area contributed by atoms with Gasteiger partial charge in [0, 0.05) is 18.9 Å². The van der Waals surface area contributed by atoms with Gasteiger partial charge in [0.2, 0.25) is 0 Å². The van der Waals surface area contributed by atoms with Crippen molar-refractivity contribution in [3.05, 3.63) is 53.1 Å². The molecule has 0 atom stereocenters. The van der Waals surface area contributed by atoms with Gasteiger partial charge in [-0.1, -0.05) is 26.0 Å². The van der Waals surface area contributed by atoms with Crippen LogP contribution < -0.4 is 5.32 Å². The Morgan fingerprint density at radius 3 is 2.71 bits per heavy atom. The predicted molar refractivity (Wildman–Crippen MR) is 88.3 cm³/mol. The standard InChI is InChI=1S/C18H22FN3O2/c1-12(2)15-11-16(22-21-15)17(23)20-18(6-8-24-9-7-18)13-4-3-5-14(19)10-13/h3-5,10-12H,6-9H2,1-2H3,(H,20,23)(H,21,22). The minimum Gasteiger partial charge on any atom is -0.381 e. The van der Waals surface area contributed by atoms with Crippen molar-refractivity contribution in [2.45, 2.75) is 38.1 Å². The second-order valence-electron chi connectivity index (χ2n) is 6.52. The van der Waals surface area contributed by atoms with E-state index >= 15 is 0 Å². The van der Waals surface area contributed by atoms with E-state index in [0.717, 1.165) is 11.3 Å². The van der Waals surface area contributed by atoms with Crippen molar-refractivity contribution < 1.29 is 13.9 Å². The van der Waals surface area contributed by atoms with Crippen LogP contribution >= 0.6 is 0 Å². The summed E-state index contributed by atoms with van der Waals surface area (Å²) in [5.41, 5.74) is 1.39. The van der Waals surface area contributed by atoms with Crippen molar-refractivity contribution in [2.24, 2.45) is 0 Å². The van der Waals surface area contributed by atoms with E-state index in [1.807, 2.05) is 19.9 Å². The summed E-state index contributed by atoms with van der Waals surface area (Å²) in [5, 5.41) is 10.1. The van der Waals surface area contributed by atoms with Gasteiger partial charge in [-0.15, -0.1) is 0 Å². The van der Waals surface area contributed by atoms with Crippen molar-refractivity contribution in [3.8, 4) is 0 Å². The van der Waals surface area contributed by atoms with E-state index in [1.54, 1.807) is 12.1 Å². The molecule has 0 aliphatic carbocycles. The third kappa shape index (κ3) is 3.33. The predicted octanol–water partition coefficient (Wildman–Crippen LogP) is 3.11. The Balaban J connectivity index is 1.87. The molecule has 1 aromatic heterocycles. The molecule has 0 unspecified atom stereocenters. The molecular weight excluding hydrogens is 309 g/mol. The summed E-state index contributed by atoms with van der Waals surface area (Å²) in [7, 11) is 0. The molecule has 0 bridgehead atoms. The summed E-state index contributed by atoms with van der Waals surface area (Å²) >= 11 is 0. The van der Waals surface area contributed by atoms with Crippen LogP contribution in [0.4, 0.5) is 4.39 Å². The number of benzene rings is 1. The summed E-state index contributed by atoms with van der Waals surface area (Å²) in [6, 6.07) is 8.16. The molecule has 1 fully saturated rings. The summed E-state index contributed by atoms with van der Waals surface area (Å²) < 4.78 is 19.1. The monoisotopic (exact) mass is 331 g/mol. The smallest absolute Gasteiger partial charge is 0.272 e. The number of rotatable bonds is 4. The van der Waals surface area contributed by atoms with Crippen LogP contribution in [0.1, 0.15) is 54.4 Å². The Morgan fingerprint density at radius 1 is 1.33 bits per heavy atom. The summed E-state index contributed by atoms with van der Waals surface area (Å²) in [6.07, 6.45) is 1.20. The van der Waals surface area contributed by atoms with Crippen molar-refractivity contribution in [1.29, 1.82) is 0 Å². The maximum atomic E-state index is 13.7. The Hall–Kier alpha value is -2.21. The summed E-state index contributed by atoms with van der Waals surface area (Å²) in [6.45, 7) is 5.10. The lowest BCUT2D eigenvalue weighted by molar-refractivity contribution is 0.0343. The van der Waals surface area contributed by atoms with Crippen LogP contribution in [0.25, 0.3) is 0 Å². The van der Waals surface area contributed by atoms with Crippen LogP contribution in [-0.4, -0.2) is 29.3 Å². The van der Waals surface area contributed by atoms with Crippen LogP contribution in [0, 0.1) is 5.82 Å². The van der Waals surface area contributed by atoms with Crippen molar-refractivity contribution in [1.82, 2.24) is 15.5 Å². The maximum Gasteiger partial charge on any atom is 0.272 e. The fourth-order valence-corrected chi connectivity index (χ4v) is 3.02. The number of nitrogens with one attached hydrogen (secondary N) is 2. The van der Waals surface area contributed by atoms with Crippen molar-refractivity contribution in [3.63, 3.8) is 0 Å². The number of hydrogen-bond acceptors (Lipinski definition) is 3. The molecule has 1 aromatic carbocycles. The van der Waals surface area contributed by atoms with E-state index in [2.05, 4.69) is 15.5 Å². The van der Waals surface area contributed by atoms with Crippen LogP contribution in [0.15, 0.2) is 30.3 Å². The van der Waals surface area contributed by atoms with Gasteiger partial charge in [0.15, 0.2) is 0 Å². The van der Waals surface area contributed by atoms with E-state index in [0.29, 0.717) is 31.7 Å². The highest BCUT2D eigenvalue weighted by atomic mass is 19.1. The van der Waals surface area contributed by atoms with Crippen LogP contribution in [0.3, 0.4) is 0 Å². The van der Waals surface area contributed by atoms with E-state index in [1.165, 1.54) is 12.1 Å². The largest absolute Gasteiger partial charge is 0.381 e. The highest BCUT2D eigenvalue weighted by Crippen LogP contribution is 2.33. The molecule has 5 nitrogen and oxygen atoms in total. The van der Waals surface area contributed by atoms with E-state index in [-0.39, 0.29) is 17.6 Å². The van der Waals surface area contributed by atoms with E-state index < -0.39 is 5.54 Å². The van der Waals surface area contributed by atoms with Gasteiger partial charge in [0.05, 0.1) is 5.54 Å². The summed E-state index contributed by atoms with van der Waals surface area (Å²) in [4.78, 5) is 12.7. The SMILES string of the molecule is CC(C)c1cc(C(=O)NC2(c3cccc(F)c3)CCOCC2)n[nH]1. The topological polar surface area (TPSA) is 67.0 Å². The van der Waals surface area contributed by atoms with E-state index in [9.17, 15) is 9.18 Å². The molecule has 2 N–H and O–H groups in total. The van der Waals surface area contributed by atoms with Crippen LogP contribution in [0.5, 0.6) is 0 Å². The minimum absolute atomic E-state index is 0.260. The Kier molecular flexibility index (Phi) is 4.66. The number of aromatic amines is 1. The minimum atomic E-state index is -0.631. The molecule has 0 spiro atoms. The highest BCUT2D eigenvalue weighted by Gasteiger charge is 2.37. The van der Waals surface area contributed by atoms with Gasteiger partial charge in [0.25, 0.3) is 5.91 Å². The molecule has 128 valence electrons. The first-order valence-corrected chi connectivity index (χ1v) is 8.22. The lowest BCUT2D eigenvalue weighted by atomic mass is 9.82.